The second-order valence-electron chi connectivity index (χ2n) is 3.58. The standard InChI is InChI=1S/C12H11Cl2N3/c1-8(17-12-15-6-3-7-16-12)9-4-2-5-10(13)11(9)14/h2-8H,1H3,(H,15,16,17). The first-order valence-corrected chi connectivity index (χ1v) is 5.91. The molecule has 0 fully saturated rings. The molecule has 0 radical (unpaired) electrons. The maximum absolute atomic E-state index is 6.14. The summed E-state index contributed by atoms with van der Waals surface area (Å²) in [4.78, 5) is 8.20. The minimum Gasteiger partial charge on any atom is -0.348 e. The van der Waals surface area contributed by atoms with Crippen LogP contribution in [0.1, 0.15) is 18.5 Å². The summed E-state index contributed by atoms with van der Waals surface area (Å²) in [6.07, 6.45) is 3.36. The molecule has 0 aliphatic carbocycles. The van der Waals surface area contributed by atoms with Gasteiger partial charge in [0.25, 0.3) is 0 Å². The van der Waals surface area contributed by atoms with Crippen LogP contribution in [0, 0.1) is 0 Å². The number of anilines is 1. The van der Waals surface area contributed by atoms with Crippen LogP contribution < -0.4 is 5.32 Å². The lowest BCUT2D eigenvalue weighted by Crippen LogP contribution is -2.09. The SMILES string of the molecule is CC(Nc1ncccn1)c1cccc(Cl)c1Cl. The summed E-state index contributed by atoms with van der Waals surface area (Å²) in [5.74, 6) is 0.566. The van der Waals surface area contributed by atoms with E-state index in [1.807, 2.05) is 19.1 Å². The lowest BCUT2D eigenvalue weighted by Gasteiger charge is -2.15. The van der Waals surface area contributed by atoms with Crippen LogP contribution in [0.15, 0.2) is 36.7 Å². The van der Waals surface area contributed by atoms with Gasteiger partial charge in [0.15, 0.2) is 0 Å². The van der Waals surface area contributed by atoms with Crippen LogP contribution in [0.4, 0.5) is 5.95 Å². The molecule has 1 atom stereocenters. The topological polar surface area (TPSA) is 37.8 Å². The first kappa shape index (κ1) is 12.1. The number of nitrogens with one attached hydrogen (secondary N) is 1. The number of hydrogen-bond donors (Lipinski definition) is 1. The molecule has 0 aliphatic heterocycles. The Hall–Kier alpha value is -1.32. The Morgan fingerprint density at radius 2 is 1.82 bits per heavy atom. The van der Waals surface area contributed by atoms with Crippen molar-refractivity contribution in [1.82, 2.24) is 9.97 Å². The maximum Gasteiger partial charge on any atom is 0.223 e. The van der Waals surface area contributed by atoms with E-state index in [0.29, 0.717) is 16.0 Å². The van der Waals surface area contributed by atoms with Crippen molar-refractivity contribution in [2.24, 2.45) is 0 Å². The predicted octanol–water partition coefficient (Wildman–Crippen LogP) is 3.96. The van der Waals surface area contributed by atoms with Crippen molar-refractivity contribution in [1.29, 1.82) is 0 Å². The maximum atomic E-state index is 6.14. The molecule has 1 aromatic carbocycles. The van der Waals surface area contributed by atoms with E-state index in [4.69, 9.17) is 23.2 Å². The van der Waals surface area contributed by atoms with Gasteiger partial charge in [0.2, 0.25) is 5.95 Å². The largest absolute Gasteiger partial charge is 0.348 e. The molecular weight excluding hydrogens is 257 g/mol. The van der Waals surface area contributed by atoms with E-state index in [2.05, 4.69) is 15.3 Å². The van der Waals surface area contributed by atoms with Crippen LogP contribution in [0.5, 0.6) is 0 Å². The van der Waals surface area contributed by atoms with Crippen LogP contribution in [0.3, 0.4) is 0 Å². The molecule has 1 heterocycles. The second kappa shape index (κ2) is 5.34. The number of benzene rings is 1. The van der Waals surface area contributed by atoms with E-state index in [1.54, 1.807) is 24.5 Å². The zero-order valence-corrected chi connectivity index (χ0v) is 10.7. The summed E-state index contributed by atoms with van der Waals surface area (Å²) in [5, 5.41) is 4.27. The first-order chi connectivity index (χ1) is 8.18. The third kappa shape index (κ3) is 2.87. The van der Waals surface area contributed by atoms with Gasteiger partial charge < -0.3 is 5.32 Å². The highest BCUT2D eigenvalue weighted by Crippen LogP contribution is 2.30. The fourth-order valence-corrected chi connectivity index (χ4v) is 1.97. The molecule has 1 unspecified atom stereocenters. The summed E-state index contributed by atoms with van der Waals surface area (Å²) in [6, 6.07) is 7.31. The van der Waals surface area contributed by atoms with Gasteiger partial charge in [0, 0.05) is 12.4 Å². The minimum absolute atomic E-state index is 0.0106. The summed E-state index contributed by atoms with van der Waals surface area (Å²) in [6.45, 7) is 1.98. The minimum atomic E-state index is -0.0106. The summed E-state index contributed by atoms with van der Waals surface area (Å²) >= 11 is 12.1. The molecule has 0 amide bonds. The van der Waals surface area contributed by atoms with Gasteiger partial charge in [-0.25, -0.2) is 9.97 Å². The molecule has 2 aromatic rings. The fourth-order valence-electron chi connectivity index (χ4n) is 1.50. The summed E-state index contributed by atoms with van der Waals surface area (Å²) in [5.41, 5.74) is 0.923. The van der Waals surface area contributed by atoms with E-state index in [-0.39, 0.29) is 6.04 Å². The third-order valence-electron chi connectivity index (χ3n) is 2.36. The smallest absolute Gasteiger partial charge is 0.223 e. The Morgan fingerprint density at radius 1 is 1.12 bits per heavy atom. The van der Waals surface area contributed by atoms with E-state index in [1.165, 1.54) is 0 Å². The van der Waals surface area contributed by atoms with Gasteiger partial charge in [-0.15, -0.1) is 0 Å². The van der Waals surface area contributed by atoms with Crippen LogP contribution >= 0.6 is 23.2 Å². The van der Waals surface area contributed by atoms with Crippen LogP contribution in [0.2, 0.25) is 10.0 Å². The number of rotatable bonds is 3. The highest BCUT2D eigenvalue weighted by atomic mass is 35.5. The molecule has 17 heavy (non-hydrogen) atoms. The van der Waals surface area contributed by atoms with Gasteiger partial charge >= 0.3 is 0 Å². The predicted molar refractivity (Wildman–Crippen MR) is 70.5 cm³/mol. The molecule has 1 aromatic heterocycles. The van der Waals surface area contributed by atoms with Gasteiger partial charge in [-0.05, 0) is 24.6 Å². The van der Waals surface area contributed by atoms with Crippen LogP contribution in [0.25, 0.3) is 0 Å². The Kier molecular flexibility index (Phi) is 3.82. The molecule has 0 bridgehead atoms. The molecule has 0 saturated heterocycles. The molecule has 1 N–H and O–H groups in total. The van der Waals surface area contributed by atoms with Crippen LogP contribution in [-0.2, 0) is 0 Å². The third-order valence-corrected chi connectivity index (χ3v) is 3.19. The molecule has 3 nitrogen and oxygen atoms in total. The van der Waals surface area contributed by atoms with Crippen molar-refractivity contribution in [3.05, 3.63) is 52.3 Å². The zero-order chi connectivity index (χ0) is 12.3. The molecule has 0 saturated carbocycles. The van der Waals surface area contributed by atoms with Crippen molar-refractivity contribution < 1.29 is 0 Å². The van der Waals surface area contributed by atoms with Gasteiger partial charge in [-0.2, -0.15) is 0 Å². The molecule has 2 rings (SSSR count). The second-order valence-corrected chi connectivity index (χ2v) is 4.37. The van der Waals surface area contributed by atoms with Crippen molar-refractivity contribution in [3.8, 4) is 0 Å². The zero-order valence-electron chi connectivity index (χ0n) is 9.19. The van der Waals surface area contributed by atoms with E-state index in [9.17, 15) is 0 Å². The van der Waals surface area contributed by atoms with Crippen molar-refractivity contribution in [2.45, 2.75) is 13.0 Å². The highest BCUT2D eigenvalue weighted by molar-refractivity contribution is 6.42. The lowest BCUT2D eigenvalue weighted by molar-refractivity contribution is 0.861. The average molecular weight is 268 g/mol. The molecule has 5 heteroatoms. The number of nitrogens with zero attached hydrogens (tertiary/aromatic N) is 2. The average Bonchev–Trinajstić information content (AvgIpc) is 2.34. The lowest BCUT2D eigenvalue weighted by atomic mass is 10.1. The Labute approximate surface area is 110 Å². The highest BCUT2D eigenvalue weighted by Gasteiger charge is 2.12. The normalized spacial score (nSPS) is 12.2. The monoisotopic (exact) mass is 267 g/mol. The Balaban J connectivity index is 2.20. The van der Waals surface area contributed by atoms with Crippen molar-refractivity contribution in [3.63, 3.8) is 0 Å². The van der Waals surface area contributed by atoms with E-state index >= 15 is 0 Å². The molecular formula is C12H11Cl2N3. The first-order valence-electron chi connectivity index (χ1n) is 5.16. The quantitative estimate of drug-likeness (QED) is 0.915. The van der Waals surface area contributed by atoms with Crippen molar-refractivity contribution >= 4 is 29.2 Å². The summed E-state index contributed by atoms with van der Waals surface area (Å²) in [7, 11) is 0. The van der Waals surface area contributed by atoms with E-state index in [0.717, 1.165) is 5.56 Å². The summed E-state index contributed by atoms with van der Waals surface area (Å²) < 4.78 is 0. The van der Waals surface area contributed by atoms with Gasteiger partial charge in [-0.1, -0.05) is 35.3 Å². The molecule has 88 valence electrons. The number of aromatic nitrogens is 2. The van der Waals surface area contributed by atoms with Crippen LogP contribution in [-0.4, -0.2) is 9.97 Å². The molecule has 0 spiro atoms. The fraction of sp³-hybridized carbons (Fsp3) is 0.167. The molecule has 0 aliphatic rings. The Bertz CT molecular complexity index is 502. The number of hydrogen-bond acceptors (Lipinski definition) is 3. The van der Waals surface area contributed by atoms with E-state index < -0.39 is 0 Å². The van der Waals surface area contributed by atoms with Gasteiger partial charge in [-0.3, -0.25) is 0 Å². The Morgan fingerprint density at radius 3 is 2.53 bits per heavy atom. The van der Waals surface area contributed by atoms with Gasteiger partial charge in [0.1, 0.15) is 0 Å². The number of halogens is 2. The van der Waals surface area contributed by atoms with Gasteiger partial charge in [0.05, 0.1) is 16.1 Å². The van der Waals surface area contributed by atoms with Crippen molar-refractivity contribution in [2.75, 3.05) is 5.32 Å².